The van der Waals surface area contributed by atoms with Crippen LogP contribution in [0.25, 0.3) is 0 Å². The van der Waals surface area contributed by atoms with Gasteiger partial charge >= 0.3 is 0 Å². The molecule has 0 saturated heterocycles. The predicted molar refractivity (Wildman–Crippen MR) is 190 cm³/mol. The zero-order valence-corrected chi connectivity index (χ0v) is 28.8. The van der Waals surface area contributed by atoms with Crippen LogP contribution in [0, 0.1) is 0 Å². The number of aliphatic hydroxyl groups is 3. The maximum absolute atomic E-state index is 12.4. The summed E-state index contributed by atoms with van der Waals surface area (Å²) in [6, 6.07) is -0.827. The van der Waals surface area contributed by atoms with Gasteiger partial charge in [0, 0.05) is 0 Å². The Morgan fingerprint density at radius 3 is 1.39 bits per heavy atom. The van der Waals surface area contributed by atoms with Crippen LogP contribution in [0.2, 0.25) is 0 Å². The first kappa shape index (κ1) is 42.3. The molecule has 0 saturated carbocycles. The fourth-order valence-corrected chi connectivity index (χ4v) is 5.15. The van der Waals surface area contributed by atoms with Gasteiger partial charge in [0.15, 0.2) is 0 Å². The van der Waals surface area contributed by atoms with Gasteiger partial charge < -0.3 is 20.6 Å². The zero-order valence-electron chi connectivity index (χ0n) is 28.8. The fourth-order valence-electron chi connectivity index (χ4n) is 5.15. The standard InChI is InChI=1S/C39H71NO4/c1-3-5-7-9-11-13-15-17-18-19-20-21-22-24-25-27-29-31-33-37(42)36(35-41)40-39(44)38(43)34-32-30-28-26-23-16-14-12-10-8-6-4-2/h19-20,23-26,31,33,36-38,41-43H,3-18,21-22,27-30,32,34-35H2,1-2H3,(H,40,44)/b20-19+,25-24+,26-23-,33-31+. The van der Waals surface area contributed by atoms with E-state index in [1.807, 2.05) is 6.08 Å². The third-order valence-corrected chi connectivity index (χ3v) is 8.12. The minimum atomic E-state index is -1.13. The highest BCUT2D eigenvalue weighted by Gasteiger charge is 2.22. The van der Waals surface area contributed by atoms with E-state index < -0.39 is 24.2 Å². The number of nitrogens with one attached hydrogen (secondary N) is 1. The maximum atomic E-state index is 12.4. The molecular formula is C39H71NO4. The molecule has 0 heterocycles. The van der Waals surface area contributed by atoms with Gasteiger partial charge in [-0.3, -0.25) is 4.79 Å². The Morgan fingerprint density at radius 1 is 0.545 bits per heavy atom. The summed E-state index contributed by atoms with van der Waals surface area (Å²) in [6.45, 7) is 4.11. The molecule has 0 bridgehead atoms. The van der Waals surface area contributed by atoms with Crippen molar-refractivity contribution in [3.63, 3.8) is 0 Å². The van der Waals surface area contributed by atoms with Crippen LogP contribution in [0.4, 0.5) is 0 Å². The van der Waals surface area contributed by atoms with E-state index in [9.17, 15) is 20.1 Å². The molecule has 5 nitrogen and oxygen atoms in total. The molecule has 0 aromatic rings. The van der Waals surface area contributed by atoms with Gasteiger partial charge in [0.1, 0.15) is 6.10 Å². The lowest BCUT2D eigenvalue weighted by Crippen LogP contribution is -2.48. The van der Waals surface area contributed by atoms with E-state index in [0.29, 0.717) is 6.42 Å². The first-order chi connectivity index (χ1) is 21.6. The third kappa shape index (κ3) is 29.0. The molecule has 0 spiro atoms. The first-order valence-corrected chi connectivity index (χ1v) is 18.5. The lowest BCUT2D eigenvalue weighted by Gasteiger charge is -2.21. The van der Waals surface area contributed by atoms with E-state index in [1.54, 1.807) is 6.08 Å². The molecule has 3 atom stereocenters. The van der Waals surface area contributed by atoms with E-state index >= 15 is 0 Å². The number of aliphatic hydroxyl groups excluding tert-OH is 3. The van der Waals surface area contributed by atoms with E-state index in [1.165, 1.54) is 96.3 Å². The van der Waals surface area contributed by atoms with Crippen molar-refractivity contribution >= 4 is 5.91 Å². The first-order valence-electron chi connectivity index (χ1n) is 18.5. The number of unbranched alkanes of at least 4 members (excludes halogenated alkanes) is 18. The van der Waals surface area contributed by atoms with Gasteiger partial charge in [0.05, 0.1) is 18.8 Å². The maximum Gasteiger partial charge on any atom is 0.249 e. The molecule has 0 aliphatic rings. The van der Waals surface area contributed by atoms with Gasteiger partial charge in [-0.15, -0.1) is 0 Å². The Labute approximate surface area is 272 Å². The van der Waals surface area contributed by atoms with Crippen molar-refractivity contribution in [3.8, 4) is 0 Å². The molecule has 0 aromatic carbocycles. The normalized spacial score (nSPS) is 14.4. The Morgan fingerprint density at radius 2 is 0.932 bits per heavy atom. The molecule has 5 heteroatoms. The van der Waals surface area contributed by atoms with Crippen LogP contribution < -0.4 is 5.32 Å². The van der Waals surface area contributed by atoms with Gasteiger partial charge in [0.2, 0.25) is 5.91 Å². The van der Waals surface area contributed by atoms with E-state index in [4.69, 9.17) is 0 Å². The summed E-state index contributed by atoms with van der Waals surface area (Å²) in [5.74, 6) is -0.537. The summed E-state index contributed by atoms with van der Waals surface area (Å²) < 4.78 is 0. The van der Waals surface area contributed by atoms with Crippen molar-refractivity contribution in [1.82, 2.24) is 5.32 Å². The van der Waals surface area contributed by atoms with E-state index in [0.717, 1.165) is 51.4 Å². The van der Waals surface area contributed by atoms with Crippen LogP contribution in [0.15, 0.2) is 48.6 Å². The molecule has 0 radical (unpaired) electrons. The minimum Gasteiger partial charge on any atom is -0.394 e. The van der Waals surface area contributed by atoms with Gasteiger partial charge in [-0.05, 0) is 70.6 Å². The monoisotopic (exact) mass is 618 g/mol. The van der Waals surface area contributed by atoms with Crippen LogP contribution in [-0.4, -0.2) is 46.1 Å². The third-order valence-electron chi connectivity index (χ3n) is 8.12. The topological polar surface area (TPSA) is 89.8 Å². The second-order valence-electron chi connectivity index (χ2n) is 12.4. The largest absolute Gasteiger partial charge is 0.394 e. The minimum absolute atomic E-state index is 0.378. The van der Waals surface area contributed by atoms with E-state index in [2.05, 4.69) is 55.6 Å². The fraction of sp³-hybridized carbons (Fsp3) is 0.769. The SMILES string of the molecule is CCCCCCCC/C=C\CCCCC(O)C(=O)NC(CO)C(O)/C=C/CC/C=C/CC/C=C/CCCCCCCCCC. The Hall–Kier alpha value is -1.69. The Kier molecular flexibility index (Phi) is 32.9. The molecule has 0 aromatic heterocycles. The summed E-state index contributed by atoms with van der Waals surface area (Å²) in [7, 11) is 0. The second-order valence-corrected chi connectivity index (χ2v) is 12.4. The number of hydrogen-bond donors (Lipinski definition) is 4. The van der Waals surface area contributed by atoms with Gasteiger partial charge in [-0.2, -0.15) is 0 Å². The second kappa shape index (κ2) is 34.2. The van der Waals surface area contributed by atoms with Crippen LogP contribution in [-0.2, 0) is 4.79 Å². The predicted octanol–water partition coefficient (Wildman–Crippen LogP) is 9.81. The zero-order chi connectivity index (χ0) is 32.4. The highest BCUT2D eigenvalue weighted by Crippen LogP contribution is 2.11. The van der Waals surface area contributed by atoms with Crippen LogP contribution in [0.5, 0.6) is 0 Å². The smallest absolute Gasteiger partial charge is 0.249 e. The summed E-state index contributed by atoms with van der Waals surface area (Å²) >= 11 is 0. The summed E-state index contributed by atoms with van der Waals surface area (Å²) in [6.07, 6.45) is 42.7. The summed E-state index contributed by atoms with van der Waals surface area (Å²) in [4.78, 5) is 12.4. The average Bonchev–Trinajstić information content (AvgIpc) is 3.03. The molecule has 44 heavy (non-hydrogen) atoms. The van der Waals surface area contributed by atoms with Gasteiger partial charge in [-0.1, -0.05) is 146 Å². The van der Waals surface area contributed by atoms with Crippen LogP contribution in [0.1, 0.15) is 168 Å². The molecule has 0 rings (SSSR count). The lowest BCUT2D eigenvalue weighted by atomic mass is 10.1. The quantitative estimate of drug-likeness (QED) is 0.0447. The number of carbonyl (C=O) groups excluding carboxylic acids is 1. The van der Waals surface area contributed by atoms with Crippen LogP contribution >= 0.6 is 0 Å². The highest BCUT2D eigenvalue weighted by atomic mass is 16.3. The van der Waals surface area contributed by atoms with Crippen LogP contribution in [0.3, 0.4) is 0 Å². The highest BCUT2D eigenvalue weighted by molar-refractivity contribution is 5.80. The number of rotatable bonds is 32. The number of amides is 1. The number of hydrogen-bond acceptors (Lipinski definition) is 4. The molecule has 0 aliphatic heterocycles. The van der Waals surface area contributed by atoms with Crippen molar-refractivity contribution in [2.45, 2.75) is 186 Å². The van der Waals surface area contributed by atoms with Crippen molar-refractivity contribution in [2.24, 2.45) is 0 Å². The molecule has 0 aliphatic carbocycles. The van der Waals surface area contributed by atoms with Gasteiger partial charge in [-0.25, -0.2) is 0 Å². The molecular weight excluding hydrogens is 546 g/mol. The molecule has 3 unspecified atom stereocenters. The average molecular weight is 618 g/mol. The number of allylic oxidation sites excluding steroid dienone is 7. The number of carbonyl (C=O) groups is 1. The molecule has 256 valence electrons. The van der Waals surface area contributed by atoms with Crippen molar-refractivity contribution < 1.29 is 20.1 Å². The Bertz CT molecular complexity index is 730. The van der Waals surface area contributed by atoms with E-state index in [-0.39, 0.29) is 6.61 Å². The molecule has 1 amide bonds. The molecule has 0 fully saturated rings. The molecule has 4 N–H and O–H groups in total. The Balaban J connectivity index is 3.87. The lowest BCUT2D eigenvalue weighted by molar-refractivity contribution is -0.131. The van der Waals surface area contributed by atoms with Gasteiger partial charge in [0.25, 0.3) is 0 Å². The van der Waals surface area contributed by atoms with Crippen molar-refractivity contribution in [1.29, 1.82) is 0 Å². The summed E-state index contributed by atoms with van der Waals surface area (Å²) in [5, 5.41) is 32.9. The summed E-state index contributed by atoms with van der Waals surface area (Å²) in [5.41, 5.74) is 0. The van der Waals surface area contributed by atoms with Crippen molar-refractivity contribution in [3.05, 3.63) is 48.6 Å². The van der Waals surface area contributed by atoms with Crippen molar-refractivity contribution in [2.75, 3.05) is 6.61 Å².